The third kappa shape index (κ3) is 2.38. The van der Waals surface area contributed by atoms with Gasteiger partial charge in [-0.1, -0.05) is 48.5 Å². The Labute approximate surface area is 142 Å². The second-order valence-electron chi connectivity index (χ2n) is 6.33. The molecule has 0 bridgehead atoms. The van der Waals surface area contributed by atoms with Gasteiger partial charge in [-0.25, -0.2) is 8.42 Å². The van der Waals surface area contributed by atoms with Crippen LogP contribution in [0.4, 0.5) is 5.69 Å². The van der Waals surface area contributed by atoms with Crippen LogP contribution in [0.2, 0.25) is 0 Å². The normalized spacial score (nSPS) is 17.7. The molecule has 0 saturated carbocycles. The summed E-state index contributed by atoms with van der Waals surface area (Å²) in [6, 6.07) is 20.9. The Morgan fingerprint density at radius 2 is 1.62 bits per heavy atom. The van der Waals surface area contributed by atoms with Crippen molar-refractivity contribution in [1.82, 2.24) is 0 Å². The predicted octanol–water partition coefficient (Wildman–Crippen LogP) is 4.37. The van der Waals surface area contributed by atoms with Crippen molar-refractivity contribution in [2.45, 2.75) is 30.7 Å². The molecule has 4 heteroatoms. The Morgan fingerprint density at radius 3 is 2.46 bits per heavy atom. The molecule has 1 aliphatic rings. The van der Waals surface area contributed by atoms with Gasteiger partial charge in [0.05, 0.1) is 10.6 Å². The third-order valence-electron chi connectivity index (χ3n) is 4.74. The zero-order valence-corrected chi connectivity index (χ0v) is 14.3. The Hall–Kier alpha value is -2.33. The number of aryl methyl sites for hydroxylation is 1. The van der Waals surface area contributed by atoms with E-state index in [0.717, 1.165) is 34.9 Å². The molecule has 0 aliphatic carbocycles. The number of benzene rings is 3. The largest absolute Gasteiger partial charge is 0.264 e. The van der Waals surface area contributed by atoms with Gasteiger partial charge in [0, 0.05) is 6.04 Å². The van der Waals surface area contributed by atoms with Crippen molar-refractivity contribution in [3.05, 3.63) is 72.3 Å². The minimum Gasteiger partial charge on any atom is -0.263 e. The number of sulfonamides is 1. The van der Waals surface area contributed by atoms with Crippen molar-refractivity contribution < 1.29 is 8.42 Å². The number of hydrogen-bond acceptors (Lipinski definition) is 2. The molecule has 0 saturated heterocycles. The molecule has 0 fully saturated rings. The molecule has 1 atom stereocenters. The van der Waals surface area contributed by atoms with Crippen molar-refractivity contribution in [3.8, 4) is 0 Å². The van der Waals surface area contributed by atoms with Crippen molar-refractivity contribution >= 4 is 26.5 Å². The second-order valence-corrected chi connectivity index (χ2v) is 8.14. The summed E-state index contributed by atoms with van der Waals surface area (Å²) in [4.78, 5) is 0.352. The monoisotopic (exact) mass is 337 g/mol. The van der Waals surface area contributed by atoms with Crippen molar-refractivity contribution in [1.29, 1.82) is 0 Å². The molecule has 0 amide bonds. The van der Waals surface area contributed by atoms with Crippen molar-refractivity contribution in [3.63, 3.8) is 0 Å². The standard InChI is InChI=1S/C20H19NO2S/c1-15-10-11-17-7-4-5-9-20(17)21(15)24(22,23)19-13-12-16-6-2-3-8-18(16)14-19/h2-9,12-15H,10-11H2,1H3. The molecular weight excluding hydrogens is 318 g/mol. The minimum atomic E-state index is -3.58. The van der Waals surface area contributed by atoms with Crippen LogP contribution in [0.1, 0.15) is 18.9 Å². The fourth-order valence-corrected chi connectivity index (χ4v) is 5.22. The van der Waals surface area contributed by atoms with E-state index >= 15 is 0 Å². The highest BCUT2D eigenvalue weighted by atomic mass is 32.2. The number of nitrogens with zero attached hydrogens (tertiary/aromatic N) is 1. The first-order valence-corrected chi connectivity index (χ1v) is 9.62. The van der Waals surface area contributed by atoms with Gasteiger partial charge in [0.1, 0.15) is 0 Å². The van der Waals surface area contributed by atoms with Crippen LogP contribution in [0.25, 0.3) is 10.8 Å². The van der Waals surface area contributed by atoms with Gasteiger partial charge >= 0.3 is 0 Å². The zero-order chi connectivity index (χ0) is 16.7. The van der Waals surface area contributed by atoms with Crippen LogP contribution in [0.3, 0.4) is 0 Å². The van der Waals surface area contributed by atoms with E-state index in [9.17, 15) is 8.42 Å². The van der Waals surface area contributed by atoms with E-state index in [1.807, 2.05) is 61.5 Å². The maximum Gasteiger partial charge on any atom is 0.264 e. The van der Waals surface area contributed by atoms with Gasteiger partial charge in [-0.2, -0.15) is 0 Å². The molecule has 1 heterocycles. The zero-order valence-electron chi connectivity index (χ0n) is 13.5. The smallest absolute Gasteiger partial charge is 0.263 e. The summed E-state index contributed by atoms with van der Waals surface area (Å²) in [6.07, 6.45) is 1.75. The maximum atomic E-state index is 13.3. The SMILES string of the molecule is CC1CCc2ccccc2N1S(=O)(=O)c1ccc2ccccc2c1. The first kappa shape index (κ1) is 15.2. The number of hydrogen-bond donors (Lipinski definition) is 0. The summed E-state index contributed by atoms with van der Waals surface area (Å²) < 4.78 is 28.3. The number of para-hydroxylation sites is 1. The predicted molar refractivity (Wildman–Crippen MR) is 97.8 cm³/mol. The minimum absolute atomic E-state index is 0.0450. The lowest BCUT2D eigenvalue weighted by Crippen LogP contribution is -2.42. The average Bonchev–Trinajstić information content (AvgIpc) is 2.61. The number of rotatable bonds is 2. The van der Waals surface area contributed by atoms with E-state index in [0.29, 0.717) is 4.90 Å². The summed E-state index contributed by atoms with van der Waals surface area (Å²) in [7, 11) is -3.58. The second kappa shape index (κ2) is 5.64. The van der Waals surface area contributed by atoms with Gasteiger partial charge in [-0.3, -0.25) is 4.31 Å². The molecule has 1 unspecified atom stereocenters. The van der Waals surface area contributed by atoms with Gasteiger partial charge < -0.3 is 0 Å². The first-order chi connectivity index (χ1) is 11.6. The molecule has 3 aromatic carbocycles. The van der Waals surface area contributed by atoms with Crippen LogP contribution >= 0.6 is 0 Å². The van der Waals surface area contributed by atoms with Gasteiger partial charge in [0.2, 0.25) is 0 Å². The van der Waals surface area contributed by atoms with Gasteiger partial charge in [-0.15, -0.1) is 0 Å². The van der Waals surface area contributed by atoms with Gasteiger partial charge in [0.15, 0.2) is 0 Å². The molecular formula is C20H19NO2S. The van der Waals surface area contributed by atoms with E-state index in [-0.39, 0.29) is 6.04 Å². The Balaban J connectivity index is 1.87. The fourth-order valence-electron chi connectivity index (χ4n) is 3.46. The highest BCUT2D eigenvalue weighted by Crippen LogP contribution is 2.35. The maximum absolute atomic E-state index is 13.3. The lowest BCUT2D eigenvalue weighted by molar-refractivity contribution is 0.563. The molecule has 0 N–H and O–H groups in total. The average molecular weight is 337 g/mol. The van der Waals surface area contributed by atoms with Crippen molar-refractivity contribution in [2.75, 3.05) is 4.31 Å². The lowest BCUT2D eigenvalue weighted by Gasteiger charge is -2.36. The van der Waals surface area contributed by atoms with Crippen LogP contribution in [0.5, 0.6) is 0 Å². The molecule has 24 heavy (non-hydrogen) atoms. The van der Waals surface area contributed by atoms with E-state index in [4.69, 9.17) is 0 Å². The topological polar surface area (TPSA) is 37.4 Å². The van der Waals surface area contributed by atoms with E-state index in [1.54, 1.807) is 16.4 Å². The molecule has 0 spiro atoms. The van der Waals surface area contributed by atoms with E-state index in [2.05, 4.69) is 0 Å². The molecule has 0 radical (unpaired) electrons. The molecule has 3 nitrogen and oxygen atoms in total. The van der Waals surface area contributed by atoms with Gasteiger partial charge in [0.25, 0.3) is 10.0 Å². The fraction of sp³-hybridized carbons (Fsp3) is 0.200. The van der Waals surface area contributed by atoms with Crippen LogP contribution in [0.15, 0.2) is 71.6 Å². The summed E-state index contributed by atoms with van der Waals surface area (Å²) in [5.41, 5.74) is 1.91. The molecule has 1 aliphatic heterocycles. The van der Waals surface area contributed by atoms with Gasteiger partial charge in [-0.05, 0) is 54.3 Å². The highest BCUT2D eigenvalue weighted by molar-refractivity contribution is 7.92. The molecule has 3 aromatic rings. The first-order valence-electron chi connectivity index (χ1n) is 8.18. The number of anilines is 1. The Morgan fingerprint density at radius 1 is 0.917 bits per heavy atom. The molecule has 4 rings (SSSR count). The van der Waals surface area contributed by atoms with Crippen LogP contribution in [-0.2, 0) is 16.4 Å². The lowest BCUT2D eigenvalue weighted by atomic mass is 9.99. The van der Waals surface area contributed by atoms with E-state index in [1.165, 1.54) is 0 Å². The Bertz CT molecular complexity index is 1010. The quantitative estimate of drug-likeness (QED) is 0.696. The van der Waals surface area contributed by atoms with Crippen molar-refractivity contribution in [2.24, 2.45) is 0 Å². The highest BCUT2D eigenvalue weighted by Gasteiger charge is 2.33. The molecule has 0 aromatic heterocycles. The molecule has 122 valence electrons. The Kier molecular flexibility index (Phi) is 3.57. The van der Waals surface area contributed by atoms with E-state index < -0.39 is 10.0 Å². The summed E-state index contributed by atoms with van der Waals surface area (Å²) >= 11 is 0. The van der Waals surface area contributed by atoms with Crippen LogP contribution < -0.4 is 4.31 Å². The summed E-state index contributed by atoms with van der Waals surface area (Å²) in [6.45, 7) is 1.98. The summed E-state index contributed by atoms with van der Waals surface area (Å²) in [5, 5.41) is 1.99. The van der Waals surface area contributed by atoms with Crippen LogP contribution in [0, 0.1) is 0 Å². The summed E-state index contributed by atoms with van der Waals surface area (Å²) in [5.74, 6) is 0. The van der Waals surface area contributed by atoms with Crippen LogP contribution in [-0.4, -0.2) is 14.5 Å². The third-order valence-corrected chi connectivity index (χ3v) is 6.66. The number of fused-ring (bicyclic) bond motifs is 2.